The maximum atomic E-state index is 4.36. The van der Waals surface area contributed by atoms with E-state index in [0.29, 0.717) is 0 Å². The number of nitrogens with one attached hydrogen (secondary N) is 2. The highest BCUT2D eigenvalue weighted by Crippen LogP contribution is 2.49. The molecular formula is C14H16ClN3. The van der Waals surface area contributed by atoms with Gasteiger partial charge >= 0.3 is 0 Å². The van der Waals surface area contributed by atoms with Gasteiger partial charge in [-0.3, -0.25) is 0 Å². The fraction of sp³-hybridized carbons (Fsp3) is 0.357. The van der Waals surface area contributed by atoms with Crippen molar-refractivity contribution in [1.82, 2.24) is 15.3 Å². The van der Waals surface area contributed by atoms with E-state index in [-0.39, 0.29) is 17.9 Å². The number of fused-ring (bicyclic) bond motifs is 1. The highest BCUT2D eigenvalue weighted by Gasteiger charge is 2.47. The molecular weight excluding hydrogens is 246 g/mol. The number of pyridine rings is 1. The van der Waals surface area contributed by atoms with Gasteiger partial charge in [-0.25, -0.2) is 4.98 Å². The van der Waals surface area contributed by atoms with Crippen molar-refractivity contribution in [2.45, 2.75) is 24.8 Å². The van der Waals surface area contributed by atoms with Gasteiger partial charge in [0.15, 0.2) is 0 Å². The van der Waals surface area contributed by atoms with Gasteiger partial charge in [0.25, 0.3) is 0 Å². The van der Waals surface area contributed by atoms with E-state index in [0.717, 1.165) is 18.6 Å². The van der Waals surface area contributed by atoms with Gasteiger partial charge < -0.3 is 10.3 Å². The Kier molecular flexibility index (Phi) is 2.68. The van der Waals surface area contributed by atoms with Crippen molar-refractivity contribution in [2.24, 2.45) is 0 Å². The lowest BCUT2D eigenvalue weighted by atomic mass is 9.93. The first-order chi connectivity index (χ1) is 8.39. The number of aromatic amines is 1. The van der Waals surface area contributed by atoms with Crippen LogP contribution in [0.25, 0.3) is 16.6 Å². The van der Waals surface area contributed by atoms with Crippen molar-refractivity contribution in [3.05, 3.63) is 36.2 Å². The molecule has 1 aliphatic heterocycles. The molecule has 0 unspecified atom stereocenters. The number of halogens is 1. The average molecular weight is 262 g/mol. The highest BCUT2D eigenvalue weighted by molar-refractivity contribution is 5.94. The minimum Gasteiger partial charge on any atom is -0.346 e. The van der Waals surface area contributed by atoms with Crippen molar-refractivity contribution >= 4 is 29.0 Å². The number of H-pyrrole nitrogens is 1. The molecule has 2 aromatic heterocycles. The van der Waals surface area contributed by atoms with Crippen molar-refractivity contribution in [1.29, 1.82) is 0 Å². The lowest BCUT2D eigenvalue weighted by Gasteiger charge is -2.25. The summed E-state index contributed by atoms with van der Waals surface area (Å²) in [6.45, 7) is 1.12. The molecule has 2 aromatic rings. The zero-order chi connectivity index (χ0) is 11.3. The Bertz CT molecular complexity index is 610. The summed E-state index contributed by atoms with van der Waals surface area (Å²) in [5, 5.41) is 4.91. The van der Waals surface area contributed by atoms with Gasteiger partial charge in [0.1, 0.15) is 5.65 Å². The number of nitrogens with zero attached hydrogens (tertiary/aromatic N) is 1. The molecule has 0 radical (unpaired) electrons. The van der Waals surface area contributed by atoms with Crippen LogP contribution < -0.4 is 5.32 Å². The van der Waals surface area contributed by atoms with Gasteiger partial charge in [-0.05, 0) is 43.5 Å². The van der Waals surface area contributed by atoms with Crippen LogP contribution in [0.2, 0.25) is 0 Å². The van der Waals surface area contributed by atoms with E-state index in [4.69, 9.17) is 0 Å². The zero-order valence-electron chi connectivity index (χ0n) is 10.1. The van der Waals surface area contributed by atoms with Crippen LogP contribution in [0.5, 0.6) is 0 Å². The Morgan fingerprint density at radius 2 is 2.17 bits per heavy atom. The predicted octanol–water partition coefficient (Wildman–Crippen LogP) is 2.89. The minimum atomic E-state index is 0. The molecule has 4 heteroatoms. The number of hydrogen-bond donors (Lipinski definition) is 2. The topological polar surface area (TPSA) is 40.7 Å². The van der Waals surface area contributed by atoms with E-state index in [2.05, 4.69) is 33.6 Å². The highest BCUT2D eigenvalue weighted by atomic mass is 35.5. The van der Waals surface area contributed by atoms with E-state index in [1.165, 1.54) is 29.4 Å². The van der Waals surface area contributed by atoms with Crippen molar-refractivity contribution < 1.29 is 0 Å². The van der Waals surface area contributed by atoms with E-state index in [9.17, 15) is 0 Å². The molecule has 94 valence electrons. The monoisotopic (exact) mass is 261 g/mol. The Labute approximate surface area is 112 Å². The maximum absolute atomic E-state index is 4.36. The first-order valence-electron chi connectivity index (χ1n) is 6.27. The molecule has 4 rings (SSSR count). The van der Waals surface area contributed by atoms with Gasteiger partial charge in [0.05, 0.1) is 0 Å². The molecule has 0 aromatic carbocycles. The smallest absolute Gasteiger partial charge is 0.137 e. The summed E-state index contributed by atoms with van der Waals surface area (Å²) >= 11 is 0. The Morgan fingerprint density at radius 1 is 1.28 bits per heavy atom. The van der Waals surface area contributed by atoms with Gasteiger partial charge in [-0.1, -0.05) is 6.08 Å². The summed E-state index contributed by atoms with van der Waals surface area (Å²) in [5.41, 5.74) is 4.08. The molecule has 2 N–H and O–H groups in total. The molecule has 1 fully saturated rings. The second-order valence-corrected chi connectivity index (χ2v) is 5.02. The quantitative estimate of drug-likeness (QED) is 0.829. The number of hydrogen-bond acceptors (Lipinski definition) is 2. The van der Waals surface area contributed by atoms with Crippen LogP contribution in [0.15, 0.2) is 30.6 Å². The third kappa shape index (κ3) is 1.58. The predicted molar refractivity (Wildman–Crippen MR) is 75.9 cm³/mol. The van der Waals surface area contributed by atoms with E-state index in [1.807, 2.05) is 12.3 Å². The Balaban J connectivity index is 0.000001000. The molecule has 3 heterocycles. The van der Waals surface area contributed by atoms with Crippen LogP contribution in [0.1, 0.15) is 24.8 Å². The van der Waals surface area contributed by atoms with Crippen molar-refractivity contribution in [3.63, 3.8) is 0 Å². The first kappa shape index (κ1) is 11.8. The van der Waals surface area contributed by atoms with E-state index < -0.39 is 0 Å². The molecule has 0 bridgehead atoms. The normalized spacial score (nSPS) is 20.6. The van der Waals surface area contributed by atoms with Crippen LogP contribution in [0.4, 0.5) is 0 Å². The second kappa shape index (κ2) is 4.11. The molecule has 0 amide bonds. The molecule has 2 aliphatic rings. The summed E-state index contributed by atoms with van der Waals surface area (Å²) in [7, 11) is 0. The van der Waals surface area contributed by atoms with Gasteiger partial charge in [0.2, 0.25) is 0 Å². The lowest BCUT2D eigenvalue weighted by Crippen LogP contribution is -2.36. The van der Waals surface area contributed by atoms with Crippen molar-refractivity contribution in [2.75, 3.05) is 6.54 Å². The summed E-state index contributed by atoms with van der Waals surface area (Å²) in [6, 6.07) is 4.16. The second-order valence-electron chi connectivity index (χ2n) is 5.02. The van der Waals surface area contributed by atoms with Gasteiger partial charge in [-0.2, -0.15) is 0 Å². The van der Waals surface area contributed by atoms with E-state index >= 15 is 0 Å². The number of rotatable bonds is 1. The largest absolute Gasteiger partial charge is 0.346 e. The van der Waals surface area contributed by atoms with Crippen LogP contribution in [0.3, 0.4) is 0 Å². The molecule has 3 nitrogen and oxygen atoms in total. The summed E-state index contributed by atoms with van der Waals surface area (Å²) in [4.78, 5) is 7.63. The third-order valence-corrected chi connectivity index (χ3v) is 3.96. The van der Waals surface area contributed by atoms with Crippen molar-refractivity contribution in [3.8, 4) is 0 Å². The van der Waals surface area contributed by atoms with Crippen LogP contribution in [-0.4, -0.2) is 22.1 Å². The van der Waals surface area contributed by atoms with Gasteiger partial charge in [-0.15, -0.1) is 12.4 Å². The average Bonchev–Trinajstić information content (AvgIpc) is 3.01. The van der Waals surface area contributed by atoms with Gasteiger partial charge in [0, 0.05) is 28.9 Å². The maximum Gasteiger partial charge on any atom is 0.137 e. The molecule has 1 aliphatic carbocycles. The van der Waals surface area contributed by atoms with Crippen LogP contribution in [-0.2, 0) is 0 Å². The SMILES string of the molecule is C1=C(c2c[nH]c3ncccc23)C2(CC2)NCC1.Cl. The van der Waals surface area contributed by atoms with Crippen LogP contribution in [0, 0.1) is 0 Å². The fourth-order valence-electron chi connectivity index (χ4n) is 2.94. The summed E-state index contributed by atoms with van der Waals surface area (Å²) in [6.07, 6.45) is 10.0. The lowest BCUT2D eigenvalue weighted by molar-refractivity contribution is 0.584. The molecule has 1 spiro atoms. The fourth-order valence-corrected chi connectivity index (χ4v) is 2.94. The summed E-state index contributed by atoms with van der Waals surface area (Å²) < 4.78 is 0. The standard InChI is InChI=1S/C14H15N3.ClH/c1-3-10-11(9-16-13(10)15-7-1)12-4-2-8-17-14(12)5-6-14;/h1,3-4,7,9,17H,2,5-6,8H2,(H,15,16);1H. The Morgan fingerprint density at radius 3 is 3.00 bits per heavy atom. The van der Waals surface area contributed by atoms with E-state index in [1.54, 1.807) is 0 Å². The van der Waals surface area contributed by atoms with Crippen LogP contribution >= 0.6 is 12.4 Å². The molecule has 1 saturated carbocycles. The molecule has 0 atom stereocenters. The molecule has 18 heavy (non-hydrogen) atoms. The minimum absolute atomic E-state index is 0. The zero-order valence-corrected chi connectivity index (χ0v) is 10.9. The Hall–Kier alpha value is -1.32. The first-order valence-corrected chi connectivity index (χ1v) is 6.27. The molecule has 0 saturated heterocycles. The number of aromatic nitrogens is 2. The summed E-state index contributed by atoms with van der Waals surface area (Å²) in [5.74, 6) is 0. The third-order valence-electron chi connectivity index (χ3n) is 3.96.